The molecule has 2 aromatic heterocycles. The van der Waals surface area contributed by atoms with Crippen LogP contribution in [0.25, 0.3) is 0 Å². The molecule has 132 valence electrons. The molecule has 2 fully saturated rings. The summed E-state index contributed by atoms with van der Waals surface area (Å²) in [6, 6.07) is 5.93. The largest absolute Gasteiger partial charge is 0.459 e. The summed E-state index contributed by atoms with van der Waals surface area (Å²) in [6.45, 7) is 4.86. The minimum atomic E-state index is -0.0220. The van der Waals surface area contributed by atoms with Crippen molar-refractivity contribution in [2.75, 3.05) is 26.3 Å². The second-order valence-electron chi connectivity index (χ2n) is 7.27. The number of ether oxygens (including phenoxy) is 1. The highest BCUT2D eigenvalue weighted by Gasteiger charge is 2.38. The van der Waals surface area contributed by atoms with Gasteiger partial charge in [-0.05, 0) is 49.4 Å². The maximum absolute atomic E-state index is 12.8. The van der Waals surface area contributed by atoms with Gasteiger partial charge in [0.15, 0.2) is 5.76 Å². The summed E-state index contributed by atoms with van der Waals surface area (Å²) in [5.41, 5.74) is 2.11. The zero-order chi connectivity index (χ0) is 17.2. The van der Waals surface area contributed by atoms with Crippen molar-refractivity contribution in [3.63, 3.8) is 0 Å². The molecule has 25 heavy (non-hydrogen) atoms. The van der Waals surface area contributed by atoms with Gasteiger partial charge in [0.05, 0.1) is 12.9 Å². The van der Waals surface area contributed by atoms with E-state index in [0.29, 0.717) is 31.4 Å². The molecule has 0 N–H and O–H groups in total. The van der Waals surface area contributed by atoms with Gasteiger partial charge in [-0.2, -0.15) is 0 Å². The second kappa shape index (κ2) is 7.00. The van der Waals surface area contributed by atoms with Gasteiger partial charge in [0.25, 0.3) is 5.91 Å². The van der Waals surface area contributed by atoms with E-state index in [9.17, 15) is 4.79 Å². The Hall–Kier alpha value is -2.14. The first-order valence-electron chi connectivity index (χ1n) is 9.03. The lowest BCUT2D eigenvalue weighted by Gasteiger charge is -2.18. The van der Waals surface area contributed by atoms with Crippen molar-refractivity contribution in [2.45, 2.75) is 25.7 Å². The van der Waals surface area contributed by atoms with Crippen molar-refractivity contribution >= 4 is 5.91 Å². The number of amides is 1. The molecule has 0 spiro atoms. The Morgan fingerprint density at radius 2 is 2.04 bits per heavy atom. The fourth-order valence-corrected chi connectivity index (χ4v) is 3.60. The monoisotopic (exact) mass is 340 g/mol. The quantitative estimate of drug-likeness (QED) is 0.810. The number of aromatic nitrogens is 1. The van der Waals surface area contributed by atoms with Crippen LogP contribution in [0.1, 0.15) is 40.4 Å². The smallest absolute Gasteiger partial charge is 0.289 e. The molecule has 1 amide bonds. The molecule has 0 radical (unpaired) electrons. The zero-order valence-corrected chi connectivity index (χ0v) is 14.6. The van der Waals surface area contributed by atoms with E-state index >= 15 is 0 Å². The van der Waals surface area contributed by atoms with Crippen molar-refractivity contribution in [2.24, 2.45) is 11.8 Å². The number of likely N-dealkylation sites (tertiary alicyclic amines) is 1. The van der Waals surface area contributed by atoms with Crippen LogP contribution in [0.3, 0.4) is 0 Å². The van der Waals surface area contributed by atoms with E-state index in [1.807, 2.05) is 42.4 Å². The molecule has 1 saturated heterocycles. The predicted molar refractivity (Wildman–Crippen MR) is 93.4 cm³/mol. The van der Waals surface area contributed by atoms with Crippen LogP contribution in [0.15, 0.2) is 41.3 Å². The lowest BCUT2D eigenvalue weighted by atomic mass is 9.90. The molecule has 2 aromatic rings. The van der Waals surface area contributed by atoms with Crippen LogP contribution in [0, 0.1) is 18.8 Å². The maximum atomic E-state index is 12.8. The third-order valence-corrected chi connectivity index (χ3v) is 5.30. The van der Waals surface area contributed by atoms with Gasteiger partial charge in [0.2, 0.25) is 0 Å². The molecule has 2 atom stereocenters. The molecule has 1 aliphatic heterocycles. The molecule has 3 heterocycles. The van der Waals surface area contributed by atoms with Crippen molar-refractivity contribution in [3.05, 3.63) is 53.7 Å². The molecule has 5 nitrogen and oxygen atoms in total. The van der Waals surface area contributed by atoms with Gasteiger partial charge in [0.1, 0.15) is 0 Å². The number of hydrogen-bond donors (Lipinski definition) is 0. The van der Waals surface area contributed by atoms with Gasteiger partial charge in [-0.15, -0.1) is 0 Å². The number of furan rings is 1. The van der Waals surface area contributed by atoms with Crippen LogP contribution in [0.4, 0.5) is 0 Å². The molecule has 0 aromatic carbocycles. The Morgan fingerprint density at radius 1 is 1.24 bits per heavy atom. The third kappa shape index (κ3) is 3.61. The third-order valence-electron chi connectivity index (χ3n) is 5.30. The van der Waals surface area contributed by atoms with Gasteiger partial charge in [-0.1, -0.05) is 0 Å². The molecule has 1 aliphatic carbocycles. The average Bonchev–Trinajstić information content (AvgIpc) is 3.20. The lowest BCUT2D eigenvalue weighted by Crippen LogP contribution is -2.29. The van der Waals surface area contributed by atoms with E-state index in [-0.39, 0.29) is 11.8 Å². The summed E-state index contributed by atoms with van der Waals surface area (Å²) in [6.07, 6.45) is 7.80. The van der Waals surface area contributed by atoms with E-state index in [1.165, 1.54) is 18.4 Å². The van der Waals surface area contributed by atoms with Crippen molar-refractivity contribution < 1.29 is 13.9 Å². The van der Waals surface area contributed by atoms with E-state index in [2.05, 4.69) is 4.98 Å². The molecule has 5 heteroatoms. The summed E-state index contributed by atoms with van der Waals surface area (Å²) in [4.78, 5) is 18.8. The molecule has 0 bridgehead atoms. The highest BCUT2D eigenvalue weighted by atomic mass is 16.5. The van der Waals surface area contributed by atoms with Crippen molar-refractivity contribution in [3.8, 4) is 0 Å². The Morgan fingerprint density at radius 3 is 2.72 bits per heavy atom. The Labute approximate surface area is 148 Å². The van der Waals surface area contributed by atoms with Gasteiger partial charge in [-0.3, -0.25) is 9.78 Å². The summed E-state index contributed by atoms with van der Waals surface area (Å²) < 4.78 is 11.4. The number of carbonyl (C=O) groups is 1. The number of carbonyl (C=O) groups excluding carboxylic acids is 1. The molecule has 1 saturated carbocycles. The van der Waals surface area contributed by atoms with E-state index < -0.39 is 0 Å². The Kier molecular flexibility index (Phi) is 4.57. The zero-order valence-electron chi connectivity index (χ0n) is 14.6. The van der Waals surface area contributed by atoms with E-state index in [1.54, 1.807) is 6.26 Å². The first-order valence-corrected chi connectivity index (χ1v) is 9.03. The number of nitrogens with zero attached hydrogens (tertiary/aromatic N) is 2. The van der Waals surface area contributed by atoms with Crippen molar-refractivity contribution in [1.82, 2.24) is 9.88 Å². The maximum Gasteiger partial charge on any atom is 0.289 e. The summed E-state index contributed by atoms with van der Waals surface area (Å²) in [7, 11) is 0. The van der Waals surface area contributed by atoms with Crippen LogP contribution in [-0.2, 0) is 4.74 Å². The normalized spacial score (nSPS) is 23.2. The highest BCUT2D eigenvalue weighted by molar-refractivity contribution is 5.93. The molecule has 2 aliphatic rings. The first-order chi connectivity index (χ1) is 12.2. The summed E-state index contributed by atoms with van der Waals surface area (Å²) >= 11 is 0. The van der Waals surface area contributed by atoms with Gasteiger partial charge in [-0.25, -0.2) is 0 Å². The fourth-order valence-electron chi connectivity index (χ4n) is 3.60. The number of rotatable bonds is 6. The molecule has 4 rings (SSSR count). The van der Waals surface area contributed by atoms with Crippen LogP contribution in [-0.4, -0.2) is 42.1 Å². The van der Waals surface area contributed by atoms with E-state index in [4.69, 9.17) is 9.15 Å². The minimum absolute atomic E-state index is 0.0220. The molecular formula is C20H24N2O3. The number of pyridine rings is 1. The number of aryl methyl sites for hydroxylation is 1. The van der Waals surface area contributed by atoms with Crippen molar-refractivity contribution in [1.29, 1.82) is 0 Å². The van der Waals surface area contributed by atoms with Crippen LogP contribution >= 0.6 is 0 Å². The van der Waals surface area contributed by atoms with Crippen LogP contribution in [0.5, 0.6) is 0 Å². The average molecular weight is 340 g/mol. The van der Waals surface area contributed by atoms with E-state index in [0.717, 1.165) is 18.1 Å². The lowest BCUT2D eigenvalue weighted by molar-refractivity contribution is 0.0713. The summed E-state index contributed by atoms with van der Waals surface area (Å²) in [5, 5.41) is 0. The minimum Gasteiger partial charge on any atom is -0.459 e. The Bertz CT molecular complexity index is 724. The first kappa shape index (κ1) is 16.3. The SMILES string of the molecule is Cc1ccoc1C(=O)N1C[C@@H](COCC2CC2)[C@H](c2ccncc2)C1. The highest BCUT2D eigenvalue weighted by Crippen LogP contribution is 2.35. The predicted octanol–water partition coefficient (Wildman–Crippen LogP) is 3.27. The molecular weight excluding hydrogens is 316 g/mol. The van der Waals surface area contributed by atoms with Gasteiger partial charge in [0, 0.05) is 49.5 Å². The van der Waals surface area contributed by atoms with Gasteiger partial charge < -0.3 is 14.1 Å². The van der Waals surface area contributed by atoms with Gasteiger partial charge >= 0.3 is 0 Å². The summed E-state index contributed by atoms with van der Waals surface area (Å²) in [5.74, 6) is 1.77. The standard InChI is InChI=1S/C20H24N2O3/c1-14-6-9-25-19(14)20(23)22-10-17(13-24-12-15-2-3-15)18(11-22)16-4-7-21-8-5-16/h4-9,15,17-18H,2-3,10-13H2,1H3/t17-,18-/m0/s1. The van der Waals surface area contributed by atoms with Crippen LogP contribution < -0.4 is 0 Å². The Balaban J connectivity index is 1.48. The fraction of sp³-hybridized carbons (Fsp3) is 0.500. The number of hydrogen-bond acceptors (Lipinski definition) is 4. The topological polar surface area (TPSA) is 55.6 Å². The second-order valence-corrected chi connectivity index (χ2v) is 7.27. The van der Waals surface area contributed by atoms with Crippen LogP contribution in [0.2, 0.25) is 0 Å². The molecule has 0 unspecified atom stereocenters.